The van der Waals surface area contributed by atoms with Gasteiger partial charge in [-0.3, -0.25) is 4.79 Å². The highest BCUT2D eigenvalue weighted by atomic mass is 32.2. The fraction of sp³-hybridized carbons (Fsp3) is 0.364. The molecule has 0 fully saturated rings. The summed E-state index contributed by atoms with van der Waals surface area (Å²) in [6.07, 6.45) is -0.0633. The van der Waals surface area contributed by atoms with Crippen molar-refractivity contribution < 1.29 is 13.2 Å². The second-order valence-corrected chi connectivity index (χ2v) is 5.86. The molecule has 1 aromatic carbocycles. The normalized spacial score (nSPS) is 11.2. The first-order valence-electron chi connectivity index (χ1n) is 5.16. The number of sulfone groups is 1. The van der Waals surface area contributed by atoms with Gasteiger partial charge in [-0.1, -0.05) is 6.07 Å². The van der Waals surface area contributed by atoms with Crippen molar-refractivity contribution in [3.8, 4) is 0 Å². The molecule has 0 aliphatic carbocycles. The smallest absolute Gasteiger partial charge is 0.220 e. The summed E-state index contributed by atoms with van der Waals surface area (Å²) >= 11 is 0. The van der Waals surface area contributed by atoms with Gasteiger partial charge in [-0.25, -0.2) is 8.42 Å². The van der Waals surface area contributed by atoms with E-state index >= 15 is 0 Å². The molecule has 5 nitrogen and oxygen atoms in total. The van der Waals surface area contributed by atoms with Crippen LogP contribution in [-0.4, -0.2) is 27.1 Å². The summed E-state index contributed by atoms with van der Waals surface area (Å²) in [4.78, 5) is 11.1. The fourth-order valence-corrected chi connectivity index (χ4v) is 2.78. The zero-order chi connectivity index (χ0) is 13.1. The van der Waals surface area contributed by atoms with Crippen molar-refractivity contribution in [2.24, 2.45) is 0 Å². The molecule has 0 radical (unpaired) electrons. The van der Waals surface area contributed by atoms with Gasteiger partial charge in [-0.05, 0) is 24.6 Å². The molecule has 17 heavy (non-hydrogen) atoms. The quantitative estimate of drug-likeness (QED) is 0.767. The van der Waals surface area contributed by atoms with Gasteiger partial charge in [0.15, 0.2) is 9.84 Å². The highest BCUT2D eigenvalue weighted by molar-refractivity contribution is 7.91. The maximum Gasteiger partial charge on any atom is 0.220 e. The number of hydrogen-bond acceptors (Lipinski definition) is 4. The van der Waals surface area contributed by atoms with Gasteiger partial charge in [0.25, 0.3) is 0 Å². The molecule has 0 atom stereocenters. The number of benzene rings is 1. The molecule has 1 rings (SSSR count). The van der Waals surface area contributed by atoms with Gasteiger partial charge in [0.2, 0.25) is 5.91 Å². The Bertz CT molecular complexity index is 524. The van der Waals surface area contributed by atoms with Gasteiger partial charge >= 0.3 is 0 Å². The molecule has 0 unspecified atom stereocenters. The lowest BCUT2D eigenvalue weighted by atomic mass is 10.2. The number of aryl methyl sites for hydroxylation is 1. The molecular weight excluding hydrogens is 240 g/mol. The van der Waals surface area contributed by atoms with Gasteiger partial charge in [-0.15, -0.1) is 0 Å². The summed E-state index contributed by atoms with van der Waals surface area (Å²) in [6, 6.07) is 4.76. The summed E-state index contributed by atoms with van der Waals surface area (Å²) in [6.45, 7) is 1.83. The summed E-state index contributed by atoms with van der Waals surface area (Å²) in [5.41, 5.74) is 6.79. The number of rotatable bonds is 4. The van der Waals surface area contributed by atoms with Crippen LogP contribution in [0.5, 0.6) is 0 Å². The number of nitrogens with two attached hydrogens (primary N) is 1. The van der Waals surface area contributed by atoms with Crippen molar-refractivity contribution in [2.75, 3.05) is 18.5 Å². The van der Waals surface area contributed by atoms with Crippen LogP contribution in [0.15, 0.2) is 23.1 Å². The van der Waals surface area contributed by atoms with Crippen LogP contribution in [0.3, 0.4) is 0 Å². The molecular formula is C11H16N2O3S. The van der Waals surface area contributed by atoms with Crippen molar-refractivity contribution in [1.29, 1.82) is 0 Å². The van der Waals surface area contributed by atoms with Crippen LogP contribution in [0.1, 0.15) is 12.0 Å². The molecule has 0 aliphatic heterocycles. The second-order valence-electron chi connectivity index (χ2n) is 3.78. The predicted molar refractivity (Wildman–Crippen MR) is 66.3 cm³/mol. The number of carbonyl (C=O) groups is 1. The van der Waals surface area contributed by atoms with Crippen molar-refractivity contribution >= 4 is 21.4 Å². The van der Waals surface area contributed by atoms with Gasteiger partial charge in [-0.2, -0.15) is 0 Å². The van der Waals surface area contributed by atoms with E-state index in [1.807, 2.05) is 6.92 Å². The Morgan fingerprint density at radius 1 is 1.41 bits per heavy atom. The van der Waals surface area contributed by atoms with Crippen molar-refractivity contribution in [3.63, 3.8) is 0 Å². The van der Waals surface area contributed by atoms with Crippen LogP contribution in [0.25, 0.3) is 0 Å². The van der Waals surface area contributed by atoms with E-state index in [0.29, 0.717) is 0 Å². The van der Waals surface area contributed by atoms with Gasteiger partial charge in [0.05, 0.1) is 16.3 Å². The average molecular weight is 256 g/mol. The van der Waals surface area contributed by atoms with E-state index in [-0.39, 0.29) is 28.7 Å². The van der Waals surface area contributed by atoms with E-state index in [0.717, 1.165) is 5.56 Å². The van der Waals surface area contributed by atoms with Crippen molar-refractivity contribution in [2.45, 2.75) is 18.2 Å². The van der Waals surface area contributed by atoms with Crippen molar-refractivity contribution in [1.82, 2.24) is 5.32 Å². The standard InChI is InChI=1S/C11H16N2O3S/c1-8-3-4-10(9(12)7-8)17(15,16)6-5-11(14)13-2/h3-4,7H,5-6,12H2,1-2H3,(H,13,14). The van der Waals surface area contributed by atoms with Crippen LogP contribution in [0, 0.1) is 6.92 Å². The number of nitrogens with one attached hydrogen (secondary N) is 1. The lowest BCUT2D eigenvalue weighted by molar-refractivity contribution is -0.120. The molecule has 6 heteroatoms. The monoisotopic (exact) mass is 256 g/mol. The van der Waals surface area contributed by atoms with Gasteiger partial charge in [0.1, 0.15) is 0 Å². The molecule has 0 bridgehead atoms. The minimum absolute atomic E-state index is 0.0633. The Balaban J connectivity index is 2.94. The molecule has 1 aromatic rings. The molecule has 94 valence electrons. The topological polar surface area (TPSA) is 89.3 Å². The van der Waals surface area contributed by atoms with E-state index < -0.39 is 9.84 Å². The lowest BCUT2D eigenvalue weighted by Crippen LogP contribution is -2.21. The number of hydrogen-bond donors (Lipinski definition) is 2. The maximum atomic E-state index is 11.9. The SMILES string of the molecule is CNC(=O)CCS(=O)(=O)c1ccc(C)cc1N. The third-order valence-corrected chi connectivity index (χ3v) is 4.16. The largest absolute Gasteiger partial charge is 0.398 e. The molecule has 0 heterocycles. The van der Waals surface area contributed by atoms with Crippen LogP contribution >= 0.6 is 0 Å². The van der Waals surface area contributed by atoms with Gasteiger partial charge in [0, 0.05) is 13.5 Å². The van der Waals surface area contributed by atoms with E-state index in [9.17, 15) is 13.2 Å². The first-order chi connectivity index (χ1) is 7.86. The summed E-state index contributed by atoms with van der Waals surface area (Å²) in [7, 11) is -2.03. The Morgan fingerprint density at radius 3 is 2.59 bits per heavy atom. The van der Waals surface area contributed by atoms with Crippen LogP contribution in [0.2, 0.25) is 0 Å². The van der Waals surface area contributed by atoms with Crippen LogP contribution in [-0.2, 0) is 14.6 Å². The Labute approximate surface area is 101 Å². The maximum absolute atomic E-state index is 11.9. The average Bonchev–Trinajstić information content (AvgIpc) is 2.25. The second kappa shape index (κ2) is 5.18. The predicted octanol–water partition coefficient (Wildman–Crippen LogP) is 0.487. The number of amides is 1. The Kier molecular flexibility index (Phi) is 4.11. The molecule has 0 spiro atoms. The van der Waals surface area contributed by atoms with E-state index in [1.54, 1.807) is 12.1 Å². The third kappa shape index (κ3) is 3.45. The molecule has 3 N–H and O–H groups in total. The zero-order valence-corrected chi connectivity index (χ0v) is 10.7. The van der Waals surface area contributed by atoms with E-state index in [2.05, 4.69) is 5.32 Å². The van der Waals surface area contributed by atoms with Crippen molar-refractivity contribution in [3.05, 3.63) is 23.8 Å². The number of anilines is 1. The van der Waals surface area contributed by atoms with Gasteiger partial charge < -0.3 is 11.1 Å². The zero-order valence-electron chi connectivity index (χ0n) is 9.86. The van der Waals surface area contributed by atoms with Crippen LogP contribution < -0.4 is 11.1 Å². The first-order valence-corrected chi connectivity index (χ1v) is 6.81. The first kappa shape index (κ1) is 13.5. The Morgan fingerprint density at radius 2 is 2.06 bits per heavy atom. The fourth-order valence-electron chi connectivity index (χ4n) is 1.41. The Hall–Kier alpha value is -1.56. The summed E-state index contributed by atoms with van der Waals surface area (Å²) in [5, 5.41) is 2.38. The highest BCUT2D eigenvalue weighted by Crippen LogP contribution is 2.21. The summed E-state index contributed by atoms with van der Waals surface area (Å²) in [5.74, 6) is -0.542. The molecule has 1 amide bonds. The minimum atomic E-state index is -3.50. The van der Waals surface area contributed by atoms with Crippen LogP contribution in [0.4, 0.5) is 5.69 Å². The number of nitrogen functional groups attached to an aromatic ring is 1. The molecule has 0 saturated heterocycles. The van der Waals surface area contributed by atoms with E-state index in [4.69, 9.17) is 5.73 Å². The highest BCUT2D eigenvalue weighted by Gasteiger charge is 2.18. The third-order valence-electron chi connectivity index (χ3n) is 2.38. The number of carbonyl (C=O) groups excluding carboxylic acids is 1. The lowest BCUT2D eigenvalue weighted by Gasteiger charge is -2.07. The molecule has 0 saturated carbocycles. The molecule has 0 aliphatic rings. The summed E-state index contributed by atoms with van der Waals surface area (Å²) < 4.78 is 23.8. The minimum Gasteiger partial charge on any atom is -0.398 e. The molecule has 0 aromatic heterocycles. The van der Waals surface area contributed by atoms with E-state index in [1.165, 1.54) is 13.1 Å².